The number of rotatable bonds is 5. The number of amides is 1. The lowest BCUT2D eigenvalue weighted by molar-refractivity contribution is -0.122. The molecule has 3 rings (SSSR count). The topological polar surface area (TPSA) is 55.1 Å². The Morgan fingerprint density at radius 1 is 1.33 bits per heavy atom. The Hall–Kier alpha value is -1.20. The van der Waals surface area contributed by atoms with E-state index in [1.807, 2.05) is 0 Å². The van der Waals surface area contributed by atoms with Gasteiger partial charge in [-0.2, -0.15) is 0 Å². The molecule has 3 N–H and O–H groups in total. The van der Waals surface area contributed by atoms with Gasteiger partial charge in [0.25, 0.3) is 0 Å². The second kappa shape index (κ2) is 6.28. The van der Waals surface area contributed by atoms with Gasteiger partial charge in [-0.25, -0.2) is 8.78 Å². The van der Waals surface area contributed by atoms with E-state index in [9.17, 15) is 13.6 Å². The van der Waals surface area contributed by atoms with Crippen LogP contribution in [0.3, 0.4) is 0 Å². The lowest BCUT2D eigenvalue weighted by Gasteiger charge is -2.11. The van der Waals surface area contributed by atoms with Crippen molar-refractivity contribution in [3.8, 4) is 0 Å². The number of carbonyl (C=O) groups excluding carboxylic acids is 1. The first-order chi connectivity index (χ1) is 9.58. The lowest BCUT2D eigenvalue weighted by atomic mass is 10.1. The summed E-state index contributed by atoms with van der Waals surface area (Å²) in [4.78, 5) is 11.9. The molecule has 116 valence electrons. The van der Waals surface area contributed by atoms with Crippen molar-refractivity contribution in [1.29, 1.82) is 0 Å². The first-order valence-electron chi connectivity index (χ1n) is 7.05. The predicted octanol–water partition coefficient (Wildman–Crippen LogP) is 2.34. The second-order valence-electron chi connectivity index (χ2n) is 5.83. The summed E-state index contributed by atoms with van der Waals surface area (Å²) >= 11 is 0. The molecule has 1 aromatic rings. The van der Waals surface area contributed by atoms with Crippen LogP contribution in [0.5, 0.6) is 0 Å². The Labute approximate surface area is 128 Å². The minimum absolute atomic E-state index is 0. The lowest BCUT2D eigenvalue weighted by Crippen LogP contribution is -2.39. The summed E-state index contributed by atoms with van der Waals surface area (Å²) < 4.78 is 27.2. The third kappa shape index (κ3) is 3.52. The largest absolute Gasteiger partial charge is 0.354 e. The zero-order chi connectivity index (χ0) is 14.3. The van der Waals surface area contributed by atoms with Gasteiger partial charge in [0.1, 0.15) is 11.6 Å². The molecule has 1 aromatic carbocycles. The van der Waals surface area contributed by atoms with Crippen LogP contribution in [0, 0.1) is 23.5 Å². The smallest absolute Gasteiger partial charge is 0.223 e. The van der Waals surface area contributed by atoms with Crippen molar-refractivity contribution in [2.24, 2.45) is 17.6 Å². The molecule has 0 spiro atoms. The number of hydrogen-bond donors (Lipinski definition) is 2. The zero-order valence-corrected chi connectivity index (χ0v) is 12.3. The van der Waals surface area contributed by atoms with Crippen LogP contribution in [0.4, 0.5) is 8.78 Å². The minimum atomic E-state index is -0.569. The second-order valence-corrected chi connectivity index (χ2v) is 5.83. The van der Waals surface area contributed by atoms with Crippen LogP contribution in [0.1, 0.15) is 30.7 Å². The quantitative estimate of drug-likeness (QED) is 0.876. The van der Waals surface area contributed by atoms with Crippen LogP contribution in [0.15, 0.2) is 18.2 Å². The first kappa shape index (κ1) is 16.2. The van der Waals surface area contributed by atoms with Crippen LogP contribution in [-0.4, -0.2) is 18.5 Å². The normalized spacial score (nSPS) is 24.9. The Morgan fingerprint density at radius 2 is 1.95 bits per heavy atom. The number of halogens is 3. The molecule has 2 saturated carbocycles. The van der Waals surface area contributed by atoms with Gasteiger partial charge >= 0.3 is 0 Å². The van der Waals surface area contributed by atoms with Crippen LogP contribution >= 0.6 is 12.4 Å². The molecule has 2 aliphatic rings. The van der Waals surface area contributed by atoms with E-state index in [-0.39, 0.29) is 41.8 Å². The molecule has 0 aliphatic heterocycles. The molecule has 3 nitrogen and oxygen atoms in total. The summed E-state index contributed by atoms with van der Waals surface area (Å²) in [5.74, 6) is -1.43. The summed E-state index contributed by atoms with van der Waals surface area (Å²) in [5.41, 5.74) is 5.95. The van der Waals surface area contributed by atoms with Gasteiger partial charge in [0.15, 0.2) is 0 Å². The molecule has 6 heteroatoms. The molecular formula is C15H19ClF2N2O. The van der Waals surface area contributed by atoms with Crippen molar-refractivity contribution in [3.05, 3.63) is 35.4 Å². The van der Waals surface area contributed by atoms with Crippen molar-refractivity contribution in [2.75, 3.05) is 6.54 Å². The third-order valence-electron chi connectivity index (χ3n) is 4.24. The Kier molecular flexibility index (Phi) is 4.84. The summed E-state index contributed by atoms with van der Waals surface area (Å²) in [6.07, 6.45) is 2.76. The van der Waals surface area contributed by atoms with Crippen molar-refractivity contribution in [2.45, 2.75) is 31.2 Å². The number of benzene rings is 1. The maximum atomic E-state index is 13.6. The molecule has 0 radical (unpaired) electrons. The van der Waals surface area contributed by atoms with Gasteiger partial charge in [0, 0.05) is 30.0 Å². The molecule has 21 heavy (non-hydrogen) atoms. The van der Waals surface area contributed by atoms with Gasteiger partial charge in [0.2, 0.25) is 5.91 Å². The molecule has 3 atom stereocenters. The Balaban J connectivity index is 0.00000161. The van der Waals surface area contributed by atoms with Crippen molar-refractivity contribution < 1.29 is 13.6 Å². The summed E-state index contributed by atoms with van der Waals surface area (Å²) in [5, 5.41) is 2.80. The Morgan fingerprint density at radius 3 is 2.52 bits per heavy atom. The molecule has 1 amide bonds. The van der Waals surface area contributed by atoms with Crippen molar-refractivity contribution in [3.63, 3.8) is 0 Å². The Bertz CT molecular complexity index is 516. The van der Waals surface area contributed by atoms with E-state index in [0.29, 0.717) is 18.9 Å². The van der Waals surface area contributed by atoms with Gasteiger partial charge in [-0.1, -0.05) is 6.07 Å². The fraction of sp³-hybridized carbons (Fsp3) is 0.533. The van der Waals surface area contributed by atoms with Gasteiger partial charge in [-0.3, -0.25) is 4.79 Å². The highest BCUT2D eigenvalue weighted by molar-refractivity contribution is 5.85. The molecule has 0 heterocycles. The van der Waals surface area contributed by atoms with Gasteiger partial charge in [0.05, 0.1) is 0 Å². The monoisotopic (exact) mass is 316 g/mol. The van der Waals surface area contributed by atoms with E-state index in [1.165, 1.54) is 18.2 Å². The summed E-state index contributed by atoms with van der Waals surface area (Å²) in [6, 6.07) is 3.80. The van der Waals surface area contributed by atoms with Gasteiger partial charge in [-0.15, -0.1) is 12.4 Å². The predicted molar refractivity (Wildman–Crippen MR) is 78.2 cm³/mol. The fourth-order valence-electron chi connectivity index (χ4n) is 2.71. The fourth-order valence-corrected chi connectivity index (χ4v) is 2.71. The number of nitrogens with two attached hydrogens (primary N) is 1. The SMILES string of the molecule is Cl.NC(CNC(=O)C1CC1c1c(F)cccc1F)C1CC1. The van der Waals surface area contributed by atoms with E-state index in [4.69, 9.17) is 5.73 Å². The molecule has 0 bridgehead atoms. The van der Waals surface area contributed by atoms with Crippen LogP contribution in [-0.2, 0) is 4.79 Å². The number of carbonyl (C=O) groups is 1. The highest BCUT2D eigenvalue weighted by atomic mass is 35.5. The highest BCUT2D eigenvalue weighted by Gasteiger charge is 2.46. The summed E-state index contributed by atoms with van der Waals surface area (Å²) in [6.45, 7) is 0.451. The molecule has 3 unspecified atom stereocenters. The molecular weight excluding hydrogens is 298 g/mol. The van der Waals surface area contributed by atoms with E-state index < -0.39 is 11.6 Å². The van der Waals surface area contributed by atoms with E-state index in [2.05, 4.69) is 5.32 Å². The average Bonchev–Trinajstić information content (AvgIpc) is 3.26. The van der Waals surface area contributed by atoms with Crippen LogP contribution < -0.4 is 11.1 Å². The maximum absolute atomic E-state index is 13.6. The van der Waals surface area contributed by atoms with E-state index in [0.717, 1.165) is 12.8 Å². The molecule has 2 fully saturated rings. The minimum Gasteiger partial charge on any atom is -0.354 e. The van der Waals surface area contributed by atoms with E-state index >= 15 is 0 Å². The van der Waals surface area contributed by atoms with E-state index in [1.54, 1.807) is 0 Å². The highest BCUT2D eigenvalue weighted by Crippen LogP contribution is 2.49. The summed E-state index contributed by atoms with van der Waals surface area (Å²) in [7, 11) is 0. The number of hydrogen-bond acceptors (Lipinski definition) is 2. The van der Waals surface area contributed by atoms with Gasteiger partial charge in [-0.05, 0) is 37.3 Å². The van der Waals surface area contributed by atoms with Crippen LogP contribution in [0.25, 0.3) is 0 Å². The standard InChI is InChI=1S/C15H18F2N2O.ClH/c16-11-2-1-3-12(17)14(11)9-6-10(9)15(20)19-7-13(18)8-4-5-8;/h1-3,8-10,13H,4-7,18H2,(H,19,20);1H. The average molecular weight is 317 g/mol. The first-order valence-corrected chi connectivity index (χ1v) is 7.05. The zero-order valence-electron chi connectivity index (χ0n) is 11.5. The maximum Gasteiger partial charge on any atom is 0.223 e. The van der Waals surface area contributed by atoms with Crippen molar-refractivity contribution >= 4 is 18.3 Å². The third-order valence-corrected chi connectivity index (χ3v) is 4.24. The molecule has 2 aliphatic carbocycles. The van der Waals surface area contributed by atoms with Crippen LogP contribution in [0.2, 0.25) is 0 Å². The molecule has 0 saturated heterocycles. The molecule has 0 aromatic heterocycles. The number of nitrogens with one attached hydrogen (secondary N) is 1. The van der Waals surface area contributed by atoms with Gasteiger partial charge < -0.3 is 11.1 Å². The van der Waals surface area contributed by atoms with Crippen molar-refractivity contribution in [1.82, 2.24) is 5.32 Å².